The van der Waals surface area contributed by atoms with Crippen LogP contribution in [0.5, 0.6) is 0 Å². The van der Waals surface area contributed by atoms with Gasteiger partial charge in [-0.3, -0.25) is 28.8 Å². The van der Waals surface area contributed by atoms with Gasteiger partial charge in [0, 0.05) is 24.9 Å². The van der Waals surface area contributed by atoms with Crippen LogP contribution in [0.2, 0.25) is 0 Å². The number of nitrogens with zero attached hydrogens (tertiary/aromatic N) is 2. The summed E-state index contributed by atoms with van der Waals surface area (Å²) in [5, 5.41) is 2.33. The third-order valence-electron chi connectivity index (χ3n) is 6.80. The molecule has 37 heavy (non-hydrogen) atoms. The molecule has 8 nitrogen and oxygen atoms in total. The smallest absolute Gasteiger partial charge is 0.329 e. The Morgan fingerprint density at radius 3 is 2.46 bits per heavy atom. The maximum Gasteiger partial charge on any atom is 0.329 e. The van der Waals surface area contributed by atoms with Gasteiger partial charge in [0.15, 0.2) is 0 Å². The molecule has 1 aliphatic carbocycles. The Hall–Kier alpha value is -4.12. The van der Waals surface area contributed by atoms with Gasteiger partial charge in [-0.05, 0) is 43.0 Å². The van der Waals surface area contributed by atoms with Crippen LogP contribution in [0.15, 0.2) is 53.3 Å². The second-order valence-corrected chi connectivity index (χ2v) is 9.38. The van der Waals surface area contributed by atoms with E-state index in [0.717, 1.165) is 16.6 Å². The normalized spacial score (nSPS) is 17.7. The van der Waals surface area contributed by atoms with Crippen LogP contribution in [0.1, 0.15) is 62.1 Å². The lowest BCUT2D eigenvalue weighted by Crippen LogP contribution is -2.44. The highest BCUT2D eigenvalue weighted by atomic mass is 16.5. The summed E-state index contributed by atoms with van der Waals surface area (Å²) < 4.78 is 7.58. The van der Waals surface area contributed by atoms with E-state index < -0.39 is 11.9 Å². The molecule has 0 bridgehead atoms. The lowest BCUT2D eigenvalue weighted by molar-refractivity contribution is -0.135. The molecule has 0 spiro atoms. The van der Waals surface area contributed by atoms with Gasteiger partial charge < -0.3 is 4.74 Å². The first-order valence-electron chi connectivity index (χ1n) is 12.6. The van der Waals surface area contributed by atoms with Crippen molar-refractivity contribution in [1.82, 2.24) is 14.5 Å². The second-order valence-electron chi connectivity index (χ2n) is 9.38. The van der Waals surface area contributed by atoms with E-state index in [2.05, 4.69) is 21.9 Å². The average molecular weight is 502 g/mol. The quantitative estimate of drug-likeness (QED) is 0.335. The van der Waals surface area contributed by atoms with Gasteiger partial charge in [-0.1, -0.05) is 61.4 Å². The zero-order valence-corrected chi connectivity index (χ0v) is 20.9. The lowest BCUT2D eigenvalue weighted by Gasteiger charge is -2.21. The number of imidazole rings is 1. The van der Waals surface area contributed by atoms with Crippen molar-refractivity contribution in [2.24, 2.45) is 13.0 Å². The number of piperidine rings is 1. The van der Waals surface area contributed by atoms with E-state index >= 15 is 0 Å². The molecule has 1 saturated heterocycles. The Morgan fingerprint density at radius 1 is 1.00 bits per heavy atom. The van der Waals surface area contributed by atoms with Gasteiger partial charge in [0.05, 0.1) is 11.0 Å². The van der Waals surface area contributed by atoms with Crippen LogP contribution in [0.3, 0.4) is 0 Å². The zero-order chi connectivity index (χ0) is 26.2. The van der Waals surface area contributed by atoms with Crippen LogP contribution < -0.4 is 11.0 Å². The topological polar surface area (TPSA) is 99.4 Å². The fourth-order valence-corrected chi connectivity index (χ4v) is 4.81. The van der Waals surface area contributed by atoms with E-state index in [1.54, 1.807) is 11.6 Å². The number of rotatable bonds is 4. The maximum atomic E-state index is 12.8. The van der Waals surface area contributed by atoms with Crippen molar-refractivity contribution in [2.45, 2.75) is 57.6 Å². The number of benzene rings is 2. The number of carbonyl (C=O) groups is 3. The van der Waals surface area contributed by atoms with Crippen LogP contribution in [-0.4, -0.2) is 27.4 Å². The third kappa shape index (κ3) is 6.36. The standard InChI is InChI=1S/C21H23N3O3.C8H8O2/c1-23-18-13-15(8-7-14-5-3-2-4-6-14)9-10-16(18)24(21(23)27)17-11-12-19(25)22-20(17)26;9-7-10-6-8-4-2-1-3-5-8/h9-10,13-14,17H,2-6,11-12H2,1H3,(H,22,25,26);1-5,7H,6H2. The predicted octanol–water partition coefficient (Wildman–Crippen LogP) is 3.61. The number of fused-ring (bicyclic) bond motifs is 1. The van der Waals surface area contributed by atoms with Crippen molar-refractivity contribution in [3.05, 3.63) is 70.1 Å². The highest BCUT2D eigenvalue weighted by Crippen LogP contribution is 2.25. The Bertz CT molecular complexity index is 1390. The maximum absolute atomic E-state index is 12.8. The van der Waals surface area contributed by atoms with E-state index in [-0.39, 0.29) is 18.0 Å². The van der Waals surface area contributed by atoms with Crippen molar-refractivity contribution in [1.29, 1.82) is 0 Å². The summed E-state index contributed by atoms with van der Waals surface area (Å²) >= 11 is 0. The molecule has 2 fully saturated rings. The minimum atomic E-state index is -0.655. The van der Waals surface area contributed by atoms with Gasteiger partial charge in [0.1, 0.15) is 12.6 Å². The molecule has 2 heterocycles. The summed E-state index contributed by atoms with van der Waals surface area (Å²) in [6, 6.07) is 14.6. The SMILES string of the molecule is Cn1c(=O)n(C2CCC(=O)NC2=O)c2ccc(C#CC3CCCCC3)cc21.O=COCc1ccccc1. The van der Waals surface area contributed by atoms with E-state index in [1.165, 1.54) is 36.7 Å². The van der Waals surface area contributed by atoms with Crippen LogP contribution in [0, 0.1) is 17.8 Å². The van der Waals surface area contributed by atoms with Crippen molar-refractivity contribution in [3.63, 3.8) is 0 Å². The summed E-state index contributed by atoms with van der Waals surface area (Å²) in [7, 11) is 1.70. The molecule has 1 saturated carbocycles. The number of nitrogens with one attached hydrogen (secondary N) is 1. The number of hydrogen-bond donors (Lipinski definition) is 1. The predicted molar refractivity (Wildman–Crippen MR) is 139 cm³/mol. The minimum Gasteiger partial charge on any atom is -0.463 e. The number of aromatic nitrogens is 2. The summed E-state index contributed by atoms with van der Waals surface area (Å²) in [5.74, 6) is 6.39. The first-order chi connectivity index (χ1) is 18.0. The van der Waals surface area contributed by atoms with E-state index in [4.69, 9.17) is 0 Å². The van der Waals surface area contributed by atoms with Crippen LogP contribution in [-0.2, 0) is 32.8 Å². The van der Waals surface area contributed by atoms with Crippen molar-refractivity contribution >= 4 is 29.3 Å². The van der Waals surface area contributed by atoms with Gasteiger partial charge in [-0.2, -0.15) is 0 Å². The Balaban J connectivity index is 0.000000270. The van der Waals surface area contributed by atoms with Crippen molar-refractivity contribution < 1.29 is 19.1 Å². The highest BCUT2D eigenvalue weighted by molar-refractivity contribution is 6.00. The summed E-state index contributed by atoms with van der Waals surface area (Å²) in [5.41, 5.74) is 3.08. The Kier molecular flexibility index (Phi) is 8.57. The number of amides is 2. The van der Waals surface area contributed by atoms with Gasteiger partial charge in [-0.25, -0.2) is 4.79 Å². The molecular formula is C29H31N3O5. The molecule has 192 valence electrons. The molecule has 5 rings (SSSR count). The Labute approximate surface area is 215 Å². The average Bonchev–Trinajstić information content (AvgIpc) is 3.17. The summed E-state index contributed by atoms with van der Waals surface area (Å²) in [6.07, 6.45) is 6.72. The first-order valence-corrected chi connectivity index (χ1v) is 12.6. The number of aryl methyl sites for hydroxylation is 1. The molecule has 1 aliphatic heterocycles. The van der Waals surface area contributed by atoms with Gasteiger partial charge in [-0.15, -0.1) is 0 Å². The number of carbonyl (C=O) groups excluding carboxylic acids is 3. The van der Waals surface area contributed by atoms with E-state index in [9.17, 15) is 19.2 Å². The van der Waals surface area contributed by atoms with Crippen LogP contribution in [0.4, 0.5) is 0 Å². The summed E-state index contributed by atoms with van der Waals surface area (Å²) in [4.78, 5) is 46.2. The molecule has 0 radical (unpaired) electrons. The number of ether oxygens (including phenoxy) is 1. The largest absolute Gasteiger partial charge is 0.463 e. The molecule has 1 aromatic heterocycles. The van der Waals surface area contributed by atoms with Crippen LogP contribution >= 0.6 is 0 Å². The molecule has 8 heteroatoms. The van der Waals surface area contributed by atoms with E-state index in [1.807, 2.05) is 48.5 Å². The fraction of sp³-hybridized carbons (Fsp3) is 0.379. The number of hydrogen-bond acceptors (Lipinski definition) is 5. The highest BCUT2D eigenvalue weighted by Gasteiger charge is 2.31. The molecular weight excluding hydrogens is 470 g/mol. The van der Waals surface area contributed by atoms with Crippen molar-refractivity contribution in [2.75, 3.05) is 0 Å². The molecule has 1 atom stereocenters. The molecule has 3 aromatic rings. The fourth-order valence-electron chi connectivity index (χ4n) is 4.81. The summed E-state index contributed by atoms with van der Waals surface area (Å²) in [6.45, 7) is 0.817. The number of imide groups is 1. The van der Waals surface area contributed by atoms with Crippen LogP contribution in [0.25, 0.3) is 11.0 Å². The monoisotopic (exact) mass is 501 g/mol. The lowest BCUT2D eigenvalue weighted by atomic mass is 9.90. The Morgan fingerprint density at radius 2 is 1.76 bits per heavy atom. The molecule has 1 N–H and O–H groups in total. The second kappa shape index (κ2) is 12.2. The minimum absolute atomic E-state index is 0.240. The third-order valence-corrected chi connectivity index (χ3v) is 6.80. The van der Waals surface area contributed by atoms with Crippen molar-refractivity contribution in [3.8, 4) is 11.8 Å². The molecule has 1 unspecified atom stereocenters. The van der Waals surface area contributed by atoms with Gasteiger partial charge in [0.2, 0.25) is 11.8 Å². The van der Waals surface area contributed by atoms with E-state index in [0.29, 0.717) is 30.9 Å². The molecule has 2 aromatic carbocycles. The first kappa shape index (κ1) is 26.0. The van der Waals surface area contributed by atoms with Gasteiger partial charge >= 0.3 is 5.69 Å². The van der Waals surface area contributed by atoms with Gasteiger partial charge in [0.25, 0.3) is 6.47 Å². The molecule has 2 amide bonds. The molecule has 2 aliphatic rings. The zero-order valence-electron chi connectivity index (χ0n) is 20.9.